The molecule has 1 saturated carbocycles. The minimum absolute atomic E-state index is 0.162. The van der Waals surface area contributed by atoms with Crippen LogP contribution in [0.3, 0.4) is 0 Å². The largest absolute Gasteiger partial charge is 0.389 e. The van der Waals surface area contributed by atoms with E-state index in [2.05, 4.69) is 5.32 Å². The van der Waals surface area contributed by atoms with Crippen LogP contribution in [0.4, 0.5) is 4.39 Å². The van der Waals surface area contributed by atoms with Crippen molar-refractivity contribution in [3.63, 3.8) is 0 Å². The SMILES string of the molecule is CC(C)(C)OCC(O)CNC1(c2cccc(F)c2)CC1. The Morgan fingerprint density at radius 1 is 1.40 bits per heavy atom. The molecule has 2 N–H and O–H groups in total. The van der Waals surface area contributed by atoms with Gasteiger partial charge in [0.1, 0.15) is 5.82 Å². The van der Waals surface area contributed by atoms with Crippen LogP contribution >= 0.6 is 0 Å². The van der Waals surface area contributed by atoms with Gasteiger partial charge >= 0.3 is 0 Å². The average molecular weight is 281 g/mol. The van der Waals surface area contributed by atoms with Gasteiger partial charge in [0, 0.05) is 12.1 Å². The number of nitrogens with one attached hydrogen (secondary N) is 1. The molecule has 0 aliphatic heterocycles. The van der Waals surface area contributed by atoms with Crippen molar-refractivity contribution in [3.8, 4) is 0 Å². The first-order chi connectivity index (χ1) is 9.31. The molecule has 112 valence electrons. The lowest BCUT2D eigenvalue weighted by atomic mass is 10.0. The molecule has 1 aliphatic rings. The molecule has 3 nitrogen and oxygen atoms in total. The van der Waals surface area contributed by atoms with Gasteiger partial charge in [0.15, 0.2) is 0 Å². The maximum absolute atomic E-state index is 13.3. The molecule has 1 aliphatic carbocycles. The highest BCUT2D eigenvalue weighted by Crippen LogP contribution is 2.45. The summed E-state index contributed by atoms with van der Waals surface area (Å²) in [7, 11) is 0. The van der Waals surface area contributed by atoms with Gasteiger partial charge < -0.3 is 15.2 Å². The molecule has 0 bridgehead atoms. The highest BCUT2D eigenvalue weighted by atomic mass is 19.1. The number of halogens is 1. The normalized spacial score (nSPS) is 18.9. The van der Waals surface area contributed by atoms with Gasteiger partial charge in [0.05, 0.1) is 18.3 Å². The van der Waals surface area contributed by atoms with Gasteiger partial charge in [-0.2, -0.15) is 0 Å². The Balaban J connectivity index is 1.84. The van der Waals surface area contributed by atoms with Crippen LogP contribution in [0.25, 0.3) is 0 Å². The highest BCUT2D eigenvalue weighted by Gasteiger charge is 2.44. The van der Waals surface area contributed by atoms with Crippen molar-refractivity contribution >= 4 is 0 Å². The third kappa shape index (κ3) is 4.27. The van der Waals surface area contributed by atoms with E-state index in [0.717, 1.165) is 18.4 Å². The summed E-state index contributed by atoms with van der Waals surface area (Å²) in [5, 5.41) is 13.3. The third-order valence-electron chi connectivity index (χ3n) is 3.51. The fourth-order valence-corrected chi connectivity index (χ4v) is 2.20. The second-order valence-corrected chi connectivity index (χ2v) is 6.55. The van der Waals surface area contributed by atoms with Crippen molar-refractivity contribution in [2.45, 2.75) is 50.9 Å². The summed E-state index contributed by atoms with van der Waals surface area (Å²) in [5.41, 5.74) is 0.549. The number of ether oxygens (including phenoxy) is 1. The Kier molecular flexibility index (Phi) is 4.47. The first-order valence-corrected chi connectivity index (χ1v) is 7.14. The van der Waals surface area contributed by atoms with E-state index in [0.29, 0.717) is 13.2 Å². The Hall–Kier alpha value is -0.970. The number of benzene rings is 1. The summed E-state index contributed by atoms with van der Waals surface area (Å²) in [6.07, 6.45) is 1.40. The van der Waals surface area contributed by atoms with Crippen LogP contribution in [0.1, 0.15) is 39.2 Å². The van der Waals surface area contributed by atoms with Crippen LogP contribution in [0.5, 0.6) is 0 Å². The predicted molar refractivity (Wildman–Crippen MR) is 77.0 cm³/mol. The zero-order valence-corrected chi connectivity index (χ0v) is 12.4. The van der Waals surface area contributed by atoms with Crippen LogP contribution in [0, 0.1) is 5.82 Å². The Labute approximate surface area is 120 Å². The average Bonchev–Trinajstić information content (AvgIpc) is 3.14. The summed E-state index contributed by atoms with van der Waals surface area (Å²) < 4.78 is 18.8. The second-order valence-electron chi connectivity index (χ2n) is 6.55. The Morgan fingerprint density at radius 2 is 2.10 bits per heavy atom. The summed E-state index contributed by atoms with van der Waals surface area (Å²) in [6.45, 7) is 6.63. The number of hydrogen-bond donors (Lipinski definition) is 2. The van der Waals surface area contributed by atoms with Gasteiger partial charge in [-0.25, -0.2) is 4.39 Å². The fourth-order valence-electron chi connectivity index (χ4n) is 2.20. The third-order valence-corrected chi connectivity index (χ3v) is 3.51. The molecule has 20 heavy (non-hydrogen) atoms. The zero-order chi connectivity index (χ0) is 14.8. The lowest BCUT2D eigenvalue weighted by Crippen LogP contribution is -2.39. The van der Waals surface area contributed by atoms with Crippen molar-refractivity contribution in [3.05, 3.63) is 35.6 Å². The zero-order valence-electron chi connectivity index (χ0n) is 12.4. The van der Waals surface area contributed by atoms with Crippen LogP contribution in [-0.4, -0.2) is 30.0 Å². The van der Waals surface area contributed by atoms with Gasteiger partial charge in [-0.05, 0) is 51.3 Å². The summed E-state index contributed by atoms with van der Waals surface area (Å²) >= 11 is 0. The molecule has 0 heterocycles. The number of hydrogen-bond acceptors (Lipinski definition) is 3. The number of aliphatic hydroxyl groups excluding tert-OH is 1. The number of rotatable bonds is 6. The summed E-state index contributed by atoms with van der Waals surface area (Å²) in [5.74, 6) is -0.216. The fraction of sp³-hybridized carbons (Fsp3) is 0.625. The van der Waals surface area contributed by atoms with Crippen molar-refractivity contribution in [1.29, 1.82) is 0 Å². The van der Waals surface area contributed by atoms with Crippen molar-refractivity contribution in [1.82, 2.24) is 5.32 Å². The van der Waals surface area contributed by atoms with E-state index >= 15 is 0 Å². The van der Waals surface area contributed by atoms with Crippen molar-refractivity contribution < 1.29 is 14.2 Å². The van der Waals surface area contributed by atoms with E-state index < -0.39 is 6.10 Å². The quantitative estimate of drug-likeness (QED) is 0.842. The molecule has 0 radical (unpaired) electrons. The molecule has 4 heteroatoms. The van der Waals surface area contributed by atoms with Crippen LogP contribution in [0.2, 0.25) is 0 Å². The van der Waals surface area contributed by atoms with E-state index in [-0.39, 0.29) is 17.0 Å². The first kappa shape index (κ1) is 15.4. The minimum Gasteiger partial charge on any atom is -0.389 e. The number of aliphatic hydroxyl groups is 1. The van der Waals surface area contributed by atoms with Gasteiger partial charge in [-0.15, -0.1) is 0 Å². The molecule has 1 unspecified atom stereocenters. The first-order valence-electron chi connectivity index (χ1n) is 7.14. The van der Waals surface area contributed by atoms with E-state index in [1.165, 1.54) is 6.07 Å². The topological polar surface area (TPSA) is 41.5 Å². The molecule has 1 fully saturated rings. The highest BCUT2D eigenvalue weighted by molar-refractivity contribution is 5.30. The smallest absolute Gasteiger partial charge is 0.123 e. The second kappa shape index (κ2) is 5.80. The van der Waals surface area contributed by atoms with Gasteiger partial charge in [-0.3, -0.25) is 0 Å². The molecule has 2 rings (SSSR count). The summed E-state index contributed by atoms with van der Waals surface area (Å²) in [6, 6.07) is 6.68. The Bertz CT molecular complexity index is 452. The van der Waals surface area contributed by atoms with Crippen LogP contribution < -0.4 is 5.32 Å². The molecule has 1 aromatic carbocycles. The molecule has 0 spiro atoms. The molecule has 1 aromatic rings. The van der Waals surface area contributed by atoms with E-state index in [1.807, 2.05) is 26.8 Å². The van der Waals surface area contributed by atoms with Gasteiger partial charge in [0.2, 0.25) is 0 Å². The minimum atomic E-state index is -0.555. The van der Waals surface area contributed by atoms with Crippen LogP contribution in [-0.2, 0) is 10.3 Å². The maximum Gasteiger partial charge on any atom is 0.123 e. The predicted octanol–water partition coefficient (Wildman–Crippen LogP) is 2.58. The Morgan fingerprint density at radius 3 is 2.65 bits per heavy atom. The monoisotopic (exact) mass is 281 g/mol. The molecular weight excluding hydrogens is 257 g/mol. The molecule has 0 saturated heterocycles. The molecule has 0 aromatic heterocycles. The van der Waals surface area contributed by atoms with Crippen LogP contribution in [0.15, 0.2) is 24.3 Å². The van der Waals surface area contributed by atoms with E-state index in [9.17, 15) is 9.50 Å². The molecule has 0 amide bonds. The molecule has 1 atom stereocenters. The van der Waals surface area contributed by atoms with Gasteiger partial charge in [0.25, 0.3) is 0 Å². The lowest BCUT2D eigenvalue weighted by molar-refractivity contribution is -0.0486. The standard InChI is InChI=1S/C16H24FNO2/c1-15(2,3)20-11-14(19)10-18-16(7-8-16)12-5-4-6-13(17)9-12/h4-6,9,14,18-19H,7-8,10-11H2,1-3H3. The van der Waals surface area contributed by atoms with Crippen molar-refractivity contribution in [2.24, 2.45) is 0 Å². The van der Waals surface area contributed by atoms with Gasteiger partial charge in [-0.1, -0.05) is 12.1 Å². The van der Waals surface area contributed by atoms with E-state index in [4.69, 9.17) is 4.74 Å². The lowest BCUT2D eigenvalue weighted by Gasteiger charge is -2.24. The van der Waals surface area contributed by atoms with Crippen molar-refractivity contribution in [2.75, 3.05) is 13.2 Å². The maximum atomic E-state index is 13.3. The summed E-state index contributed by atoms with van der Waals surface area (Å²) in [4.78, 5) is 0. The molecular formula is C16H24FNO2. The van der Waals surface area contributed by atoms with E-state index in [1.54, 1.807) is 12.1 Å².